The summed E-state index contributed by atoms with van der Waals surface area (Å²) in [6.07, 6.45) is 3.46. The Morgan fingerprint density at radius 1 is 1.58 bits per heavy atom. The molecule has 1 rings (SSSR count). The third kappa shape index (κ3) is 3.07. The van der Waals surface area contributed by atoms with Gasteiger partial charge in [-0.3, -0.25) is 0 Å². The summed E-state index contributed by atoms with van der Waals surface area (Å²) in [5.41, 5.74) is 1.19. The first kappa shape index (κ1) is 9.29. The van der Waals surface area contributed by atoms with Crippen molar-refractivity contribution in [2.75, 3.05) is 13.6 Å². The Bertz CT molecular complexity index is 196. The van der Waals surface area contributed by atoms with Gasteiger partial charge in [-0.1, -0.05) is 0 Å². The van der Waals surface area contributed by atoms with Crippen molar-refractivity contribution < 1.29 is 4.42 Å². The van der Waals surface area contributed by atoms with Gasteiger partial charge in [-0.05, 0) is 20.0 Å². The van der Waals surface area contributed by atoms with Crippen LogP contribution in [0.3, 0.4) is 0 Å². The fraction of sp³-hybridized carbons (Fsp3) is 0.556. The van der Waals surface area contributed by atoms with Gasteiger partial charge in [0.25, 0.3) is 0 Å². The molecule has 0 radical (unpaired) electrons. The lowest BCUT2D eigenvalue weighted by Crippen LogP contribution is -2.34. The van der Waals surface area contributed by atoms with Crippen LogP contribution in [0.15, 0.2) is 23.0 Å². The Balaban J connectivity index is 2.17. The number of likely N-dealkylation sites (N-methyl/N-ethyl adjacent to an activating group) is 1. The molecule has 0 aromatic carbocycles. The second-order valence-electron chi connectivity index (χ2n) is 2.97. The Labute approximate surface area is 73.2 Å². The van der Waals surface area contributed by atoms with Crippen molar-refractivity contribution in [2.45, 2.75) is 19.5 Å². The first-order valence-electron chi connectivity index (χ1n) is 4.22. The van der Waals surface area contributed by atoms with Crippen molar-refractivity contribution in [3.8, 4) is 0 Å². The lowest BCUT2D eigenvalue weighted by molar-refractivity contribution is 0.516. The van der Waals surface area contributed by atoms with E-state index in [1.165, 1.54) is 5.56 Å². The summed E-state index contributed by atoms with van der Waals surface area (Å²) in [5, 5.41) is 6.48. The van der Waals surface area contributed by atoms with E-state index < -0.39 is 0 Å². The molecule has 1 unspecified atom stereocenters. The second kappa shape index (κ2) is 4.95. The number of nitrogens with one attached hydrogen (secondary N) is 2. The van der Waals surface area contributed by atoms with Crippen LogP contribution in [0.1, 0.15) is 12.5 Å². The lowest BCUT2D eigenvalue weighted by Gasteiger charge is -2.11. The summed E-state index contributed by atoms with van der Waals surface area (Å²) >= 11 is 0. The summed E-state index contributed by atoms with van der Waals surface area (Å²) in [6, 6.07) is 2.46. The Morgan fingerprint density at radius 2 is 2.42 bits per heavy atom. The van der Waals surface area contributed by atoms with Gasteiger partial charge in [-0.2, -0.15) is 0 Å². The maximum absolute atomic E-state index is 4.95. The maximum Gasteiger partial charge on any atom is 0.0947 e. The number of rotatable bonds is 5. The normalized spacial score (nSPS) is 13.2. The quantitative estimate of drug-likeness (QED) is 0.688. The molecule has 1 atom stereocenters. The van der Waals surface area contributed by atoms with Crippen LogP contribution in [0, 0.1) is 0 Å². The molecule has 3 nitrogen and oxygen atoms in total. The van der Waals surface area contributed by atoms with Gasteiger partial charge in [-0.25, -0.2) is 0 Å². The summed E-state index contributed by atoms with van der Waals surface area (Å²) in [4.78, 5) is 0. The molecule has 3 heteroatoms. The average molecular weight is 168 g/mol. The zero-order valence-electron chi connectivity index (χ0n) is 7.63. The minimum absolute atomic E-state index is 0.491. The van der Waals surface area contributed by atoms with Gasteiger partial charge >= 0.3 is 0 Å². The molecule has 0 fully saturated rings. The molecule has 12 heavy (non-hydrogen) atoms. The molecule has 0 saturated carbocycles. The molecular weight excluding hydrogens is 152 g/mol. The standard InChI is InChI=1S/C9H16N2O/c1-8(5-10-2)11-6-9-3-4-12-7-9/h3-4,7-8,10-11H,5-6H2,1-2H3. The number of hydrogen-bond acceptors (Lipinski definition) is 3. The van der Waals surface area contributed by atoms with Crippen molar-refractivity contribution in [2.24, 2.45) is 0 Å². The molecule has 2 N–H and O–H groups in total. The van der Waals surface area contributed by atoms with E-state index in [1.54, 1.807) is 12.5 Å². The van der Waals surface area contributed by atoms with E-state index in [9.17, 15) is 0 Å². The van der Waals surface area contributed by atoms with E-state index >= 15 is 0 Å². The monoisotopic (exact) mass is 168 g/mol. The van der Waals surface area contributed by atoms with Crippen LogP contribution in [0.2, 0.25) is 0 Å². The van der Waals surface area contributed by atoms with Crippen molar-refractivity contribution in [3.05, 3.63) is 24.2 Å². The molecule has 1 aromatic heterocycles. The highest BCUT2D eigenvalue weighted by Gasteiger charge is 1.99. The summed E-state index contributed by atoms with van der Waals surface area (Å²) in [7, 11) is 1.95. The van der Waals surface area contributed by atoms with E-state index in [1.807, 2.05) is 13.1 Å². The van der Waals surface area contributed by atoms with Gasteiger partial charge in [0.05, 0.1) is 12.5 Å². The molecule has 0 amide bonds. The van der Waals surface area contributed by atoms with Gasteiger partial charge in [0.1, 0.15) is 0 Å². The molecule has 1 heterocycles. The van der Waals surface area contributed by atoms with Crippen LogP contribution < -0.4 is 10.6 Å². The highest BCUT2D eigenvalue weighted by molar-refractivity contribution is 5.04. The largest absolute Gasteiger partial charge is 0.472 e. The van der Waals surface area contributed by atoms with Crippen molar-refractivity contribution in [3.63, 3.8) is 0 Å². The minimum atomic E-state index is 0.491. The molecule has 0 aliphatic rings. The summed E-state index contributed by atoms with van der Waals surface area (Å²) in [6.45, 7) is 4.01. The van der Waals surface area contributed by atoms with Crippen LogP contribution >= 0.6 is 0 Å². The van der Waals surface area contributed by atoms with E-state index in [4.69, 9.17) is 4.42 Å². The zero-order chi connectivity index (χ0) is 8.81. The van der Waals surface area contributed by atoms with Gasteiger partial charge in [-0.15, -0.1) is 0 Å². The predicted molar refractivity (Wildman–Crippen MR) is 48.9 cm³/mol. The molecule has 0 spiro atoms. The SMILES string of the molecule is CNCC(C)NCc1ccoc1. The fourth-order valence-electron chi connectivity index (χ4n) is 1.06. The molecule has 0 aliphatic carbocycles. The predicted octanol–water partition coefficient (Wildman–Crippen LogP) is 0.977. The molecule has 0 bridgehead atoms. The molecule has 0 aliphatic heterocycles. The van der Waals surface area contributed by atoms with Crippen LogP contribution in [0.4, 0.5) is 0 Å². The summed E-state index contributed by atoms with van der Waals surface area (Å²) in [5.74, 6) is 0. The molecule has 1 aromatic rings. The van der Waals surface area contributed by atoms with E-state index in [2.05, 4.69) is 17.6 Å². The Morgan fingerprint density at radius 3 is 3.00 bits per heavy atom. The van der Waals surface area contributed by atoms with Crippen LogP contribution in [0.5, 0.6) is 0 Å². The van der Waals surface area contributed by atoms with Gasteiger partial charge in [0.15, 0.2) is 0 Å². The number of furan rings is 1. The average Bonchev–Trinajstić information content (AvgIpc) is 2.53. The molecule has 0 saturated heterocycles. The third-order valence-electron chi connectivity index (χ3n) is 1.75. The Kier molecular flexibility index (Phi) is 3.84. The number of hydrogen-bond donors (Lipinski definition) is 2. The van der Waals surface area contributed by atoms with Crippen LogP contribution in [-0.2, 0) is 6.54 Å². The van der Waals surface area contributed by atoms with E-state index in [0.717, 1.165) is 13.1 Å². The first-order chi connectivity index (χ1) is 5.83. The minimum Gasteiger partial charge on any atom is -0.472 e. The highest BCUT2D eigenvalue weighted by Crippen LogP contribution is 1.98. The van der Waals surface area contributed by atoms with Crippen molar-refractivity contribution in [1.29, 1.82) is 0 Å². The maximum atomic E-state index is 4.95. The van der Waals surface area contributed by atoms with Crippen LogP contribution in [-0.4, -0.2) is 19.6 Å². The van der Waals surface area contributed by atoms with Gasteiger partial charge in [0, 0.05) is 24.7 Å². The lowest BCUT2D eigenvalue weighted by atomic mass is 10.3. The second-order valence-corrected chi connectivity index (χ2v) is 2.97. The van der Waals surface area contributed by atoms with E-state index in [0.29, 0.717) is 6.04 Å². The summed E-state index contributed by atoms with van der Waals surface area (Å²) < 4.78 is 4.95. The molecule has 68 valence electrons. The van der Waals surface area contributed by atoms with Gasteiger partial charge in [0.2, 0.25) is 0 Å². The van der Waals surface area contributed by atoms with Crippen molar-refractivity contribution >= 4 is 0 Å². The van der Waals surface area contributed by atoms with Crippen molar-refractivity contribution in [1.82, 2.24) is 10.6 Å². The Hall–Kier alpha value is -0.800. The van der Waals surface area contributed by atoms with Gasteiger partial charge < -0.3 is 15.1 Å². The van der Waals surface area contributed by atoms with E-state index in [-0.39, 0.29) is 0 Å². The third-order valence-corrected chi connectivity index (χ3v) is 1.75. The fourth-order valence-corrected chi connectivity index (χ4v) is 1.06. The first-order valence-corrected chi connectivity index (χ1v) is 4.22. The highest BCUT2D eigenvalue weighted by atomic mass is 16.3. The topological polar surface area (TPSA) is 37.2 Å². The smallest absolute Gasteiger partial charge is 0.0947 e. The molecular formula is C9H16N2O. The van der Waals surface area contributed by atoms with Crippen LogP contribution in [0.25, 0.3) is 0 Å². The zero-order valence-corrected chi connectivity index (χ0v) is 7.63.